The van der Waals surface area contributed by atoms with Gasteiger partial charge in [0.05, 0.1) is 11.1 Å². The van der Waals surface area contributed by atoms with E-state index in [-0.39, 0.29) is 29.3 Å². The summed E-state index contributed by atoms with van der Waals surface area (Å²) in [5.41, 5.74) is 2.07. The molecule has 234 valence electrons. The Morgan fingerprint density at radius 3 is 2.64 bits per heavy atom. The lowest BCUT2D eigenvalue weighted by molar-refractivity contribution is -0.138. The largest absolute Gasteiger partial charge is 0.437 e. The van der Waals surface area contributed by atoms with Crippen LogP contribution in [0.2, 0.25) is 0 Å². The highest BCUT2D eigenvalue weighted by Gasteiger charge is 2.34. The second kappa shape index (κ2) is 12.7. The topological polar surface area (TPSA) is 82.9 Å². The van der Waals surface area contributed by atoms with Gasteiger partial charge in [-0.3, -0.25) is 14.7 Å². The highest BCUT2D eigenvalue weighted by atomic mass is 32.1. The summed E-state index contributed by atoms with van der Waals surface area (Å²) in [6.07, 6.45) is -0.168. The molecule has 1 unspecified atom stereocenters. The van der Waals surface area contributed by atoms with Crippen LogP contribution >= 0.6 is 11.3 Å². The van der Waals surface area contributed by atoms with Gasteiger partial charge in [-0.05, 0) is 73.1 Å². The molecule has 0 saturated carbocycles. The predicted octanol–water partition coefficient (Wildman–Crippen LogP) is 7.26. The van der Waals surface area contributed by atoms with Gasteiger partial charge >= 0.3 is 6.18 Å². The van der Waals surface area contributed by atoms with E-state index in [0.29, 0.717) is 36.1 Å². The fourth-order valence-corrected chi connectivity index (χ4v) is 6.21. The van der Waals surface area contributed by atoms with Crippen LogP contribution in [0.25, 0.3) is 15.8 Å². The van der Waals surface area contributed by atoms with E-state index in [2.05, 4.69) is 22.1 Å². The van der Waals surface area contributed by atoms with E-state index in [0.717, 1.165) is 41.4 Å². The SMILES string of the molecule is Cc1ccc(Oc2nc(C3=CN=CC(C)C3)nc3ccsc23)cc1C(=O)Nc1ccc(CN2CCN(C)CC2)c(C(F)(F)F)c1. The van der Waals surface area contributed by atoms with E-state index in [1.54, 1.807) is 31.3 Å². The number of piperazine rings is 1. The van der Waals surface area contributed by atoms with E-state index in [1.165, 1.54) is 23.5 Å². The average molecular weight is 635 g/mol. The summed E-state index contributed by atoms with van der Waals surface area (Å²) >= 11 is 1.44. The number of halogens is 3. The van der Waals surface area contributed by atoms with Gasteiger partial charge in [0.1, 0.15) is 10.4 Å². The number of carbonyl (C=O) groups excluding carboxylic acids is 1. The molecule has 8 nitrogen and oxygen atoms in total. The van der Waals surface area contributed by atoms with Crippen LogP contribution in [0.3, 0.4) is 0 Å². The molecular formula is C33H33F3N6O2S. The van der Waals surface area contributed by atoms with Gasteiger partial charge in [0, 0.05) is 62.0 Å². The fraction of sp³-hybridized carbons (Fsp3) is 0.333. The highest BCUT2D eigenvalue weighted by Crippen LogP contribution is 2.36. The number of anilines is 1. The van der Waals surface area contributed by atoms with Crippen LogP contribution in [0.15, 0.2) is 59.0 Å². The Bertz CT molecular complexity index is 1790. The average Bonchev–Trinajstić information content (AvgIpc) is 3.49. The first-order valence-electron chi connectivity index (χ1n) is 14.7. The van der Waals surface area contributed by atoms with Crippen molar-refractivity contribution in [2.75, 3.05) is 38.5 Å². The number of allylic oxidation sites excluding steroid dienone is 1. The zero-order valence-corrected chi connectivity index (χ0v) is 26.0. The zero-order chi connectivity index (χ0) is 31.7. The molecule has 1 atom stereocenters. The van der Waals surface area contributed by atoms with Crippen LogP contribution in [-0.2, 0) is 12.7 Å². The number of aryl methyl sites for hydroxylation is 1. The van der Waals surface area contributed by atoms with Crippen molar-refractivity contribution < 1.29 is 22.7 Å². The van der Waals surface area contributed by atoms with Gasteiger partial charge in [-0.1, -0.05) is 19.1 Å². The molecule has 45 heavy (non-hydrogen) atoms. The van der Waals surface area contributed by atoms with Gasteiger partial charge < -0.3 is 15.0 Å². The Labute approximate surface area is 263 Å². The summed E-state index contributed by atoms with van der Waals surface area (Å²) in [7, 11) is 2.00. The third-order valence-electron chi connectivity index (χ3n) is 8.00. The summed E-state index contributed by atoms with van der Waals surface area (Å²) in [6, 6.07) is 10.9. The Morgan fingerprint density at radius 2 is 1.89 bits per heavy atom. The zero-order valence-electron chi connectivity index (χ0n) is 25.2. The lowest BCUT2D eigenvalue weighted by Crippen LogP contribution is -2.44. The minimum Gasteiger partial charge on any atom is -0.437 e. The second-order valence-corrected chi connectivity index (χ2v) is 12.5. The van der Waals surface area contributed by atoms with Gasteiger partial charge in [0.2, 0.25) is 5.88 Å². The van der Waals surface area contributed by atoms with Crippen molar-refractivity contribution in [3.05, 3.63) is 82.1 Å². The van der Waals surface area contributed by atoms with E-state index in [1.807, 2.05) is 29.6 Å². The molecule has 4 heterocycles. The van der Waals surface area contributed by atoms with Crippen molar-refractivity contribution >= 4 is 44.9 Å². The van der Waals surface area contributed by atoms with Crippen molar-refractivity contribution in [3.8, 4) is 11.6 Å². The summed E-state index contributed by atoms with van der Waals surface area (Å²) in [6.45, 7) is 7.04. The number of amides is 1. The third-order valence-corrected chi connectivity index (χ3v) is 8.90. The van der Waals surface area contributed by atoms with E-state index < -0.39 is 17.6 Å². The molecule has 1 fully saturated rings. The first-order chi connectivity index (χ1) is 21.5. The minimum absolute atomic E-state index is 0.0681. The van der Waals surface area contributed by atoms with Crippen LogP contribution in [0, 0.1) is 12.8 Å². The number of thiophene rings is 1. The lowest BCUT2D eigenvalue weighted by Gasteiger charge is -2.33. The molecule has 1 saturated heterocycles. The van der Waals surface area contributed by atoms with E-state index in [4.69, 9.17) is 14.7 Å². The molecule has 12 heteroatoms. The maximum atomic E-state index is 14.1. The number of rotatable bonds is 7. The quantitative estimate of drug-likeness (QED) is 0.231. The number of carbonyl (C=O) groups is 1. The number of nitrogens with zero attached hydrogens (tertiary/aromatic N) is 5. The Kier molecular flexibility index (Phi) is 8.71. The normalized spacial score (nSPS) is 17.8. The number of hydrogen-bond acceptors (Lipinski definition) is 8. The van der Waals surface area contributed by atoms with Crippen LogP contribution in [0.5, 0.6) is 11.6 Å². The van der Waals surface area contributed by atoms with Gasteiger partial charge in [0.15, 0.2) is 5.82 Å². The molecule has 2 aromatic carbocycles. The number of nitrogens with one attached hydrogen (secondary N) is 1. The van der Waals surface area contributed by atoms with Crippen molar-refractivity contribution in [3.63, 3.8) is 0 Å². The maximum absolute atomic E-state index is 14.1. The smallest absolute Gasteiger partial charge is 0.416 e. The highest BCUT2D eigenvalue weighted by molar-refractivity contribution is 7.17. The number of hydrogen-bond donors (Lipinski definition) is 1. The molecule has 2 aliphatic rings. The molecule has 0 radical (unpaired) electrons. The van der Waals surface area contributed by atoms with Crippen LogP contribution in [0.1, 0.15) is 46.2 Å². The molecule has 4 aromatic rings. The molecule has 0 bridgehead atoms. The van der Waals surface area contributed by atoms with Crippen molar-refractivity contribution in [1.82, 2.24) is 19.8 Å². The van der Waals surface area contributed by atoms with Gasteiger partial charge in [-0.2, -0.15) is 18.2 Å². The van der Waals surface area contributed by atoms with Crippen molar-refractivity contribution in [1.29, 1.82) is 0 Å². The number of likely N-dealkylation sites (N-methyl/N-ethyl adjacent to an activating group) is 1. The van der Waals surface area contributed by atoms with Gasteiger partial charge in [-0.25, -0.2) is 4.98 Å². The van der Waals surface area contributed by atoms with Gasteiger partial charge in [-0.15, -0.1) is 11.3 Å². The first-order valence-corrected chi connectivity index (χ1v) is 15.6. The standard InChI is InChI=1S/C33H33F3N6O2S/c1-20-14-23(18-37-17-20)30-39-28-8-13-45-29(28)32(40-30)44-25-7-4-21(2)26(16-25)31(43)38-24-6-5-22(27(15-24)33(34,35)36)19-42-11-9-41(3)10-12-42/h4-8,13,15-18,20H,9-12,14,19H2,1-3H3,(H,38,43). The number of fused-ring (bicyclic) bond motifs is 1. The number of aromatic nitrogens is 2. The first kappa shape index (κ1) is 30.9. The molecule has 2 aliphatic heterocycles. The van der Waals surface area contributed by atoms with E-state index in [9.17, 15) is 18.0 Å². The Morgan fingerprint density at radius 1 is 1.09 bits per heavy atom. The summed E-state index contributed by atoms with van der Waals surface area (Å²) < 4.78 is 49.3. The second-order valence-electron chi connectivity index (χ2n) is 11.6. The minimum atomic E-state index is -4.56. The number of alkyl halides is 3. The number of aliphatic imine (C=N–C) groups is 1. The van der Waals surface area contributed by atoms with Crippen LogP contribution in [0.4, 0.5) is 18.9 Å². The lowest BCUT2D eigenvalue weighted by atomic mass is 10.0. The molecule has 1 N–H and O–H groups in total. The van der Waals surface area contributed by atoms with Crippen molar-refractivity contribution in [2.45, 2.75) is 33.0 Å². The fourth-order valence-electron chi connectivity index (χ4n) is 5.45. The maximum Gasteiger partial charge on any atom is 0.416 e. The molecule has 0 spiro atoms. The van der Waals surface area contributed by atoms with Crippen LogP contribution < -0.4 is 10.1 Å². The van der Waals surface area contributed by atoms with E-state index >= 15 is 0 Å². The molecule has 1 amide bonds. The summed E-state index contributed by atoms with van der Waals surface area (Å²) in [5.74, 6) is 0.972. The molecule has 2 aromatic heterocycles. The summed E-state index contributed by atoms with van der Waals surface area (Å²) in [4.78, 5) is 31.3. The summed E-state index contributed by atoms with van der Waals surface area (Å²) in [5, 5.41) is 4.57. The number of benzene rings is 2. The molecular weight excluding hydrogens is 601 g/mol. The van der Waals surface area contributed by atoms with Crippen LogP contribution in [-0.4, -0.2) is 65.1 Å². The Hall–Kier alpha value is -4.13. The monoisotopic (exact) mass is 634 g/mol. The van der Waals surface area contributed by atoms with Gasteiger partial charge in [0.25, 0.3) is 5.91 Å². The third kappa shape index (κ3) is 7.08. The molecule has 0 aliphatic carbocycles. The molecule has 6 rings (SSSR count). The number of ether oxygens (including phenoxy) is 1. The van der Waals surface area contributed by atoms with Crippen molar-refractivity contribution in [2.24, 2.45) is 10.9 Å². The Balaban J connectivity index is 1.23. The predicted molar refractivity (Wildman–Crippen MR) is 171 cm³/mol.